The van der Waals surface area contributed by atoms with Gasteiger partial charge in [0.15, 0.2) is 0 Å². The summed E-state index contributed by atoms with van der Waals surface area (Å²) < 4.78 is 58.3. The van der Waals surface area contributed by atoms with Crippen molar-refractivity contribution < 1.29 is 55.9 Å². The minimum atomic E-state index is -5.70. The fourth-order valence-electron chi connectivity index (χ4n) is 2.76. The van der Waals surface area contributed by atoms with Crippen molar-refractivity contribution >= 4 is 52.9 Å². The maximum absolute atomic E-state index is 12.2. The van der Waals surface area contributed by atoms with Gasteiger partial charge in [0.2, 0.25) is 0 Å². The van der Waals surface area contributed by atoms with E-state index in [2.05, 4.69) is 18.1 Å². The van der Waals surface area contributed by atoms with Crippen LogP contribution in [0.15, 0.2) is 15.8 Å². The van der Waals surface area contributed by atoms with Gasteiger partial charge in [-0.2, -0.15) is 8.62 Å². The van der Waals surface area contributed by atoms with Crippen molar-refractivity contribution in [1.29, 1.82) is 0 Å². The molecule has 1 aromatic heterocycles. The second-order valence-electron chi connectivity index (χ2n) is 7.86. The zero-order valence-electron chi connectivity index (χ0n) is 19.0. The summed E-state index contributed by atoms with van der Waals surface area (Å²) in [5, 5.41) is 0. The third kappa shape index (κ3) is 10.9. The number of ether oxygens (including phenoxy) is 2. The molecule has 1 aliphatic rings. The summed E-state index contributed by atoms with van der Waals surface area (Å²) in [6.45, 7) is 4.24. The number of aryl methyl sites for hydroxylation is 1. The summed E-state index contributed by atoms with van der Waals surface area (Å²) in [6, 6.07) is 0. The summed E-state index contributed by atoms with van der Waals surface area (Å²) in [6.07, 6.45) is -1.66. The lowest BCUT2D eigenvalue weighted by Crippen LogP contribution is -2.33. The second-order valence-corrected chi connectivity index (χ2v) is 15.2. The van der Waals surface area contributed by atoms with Crippen molar-refractivity contribution in [2.24, 2.45) is 0 Å². The van der Waals surface area contributed by atoms with E-state index in [9.17, 15) is 33.1 Å². The van der Waals surface area contributed by atoms with E-state index in [1.165, 1.54) is 34.7 Å². The molecule has 0 spiro atoms. The van der Waals surface area contributed by atoms with E-state index in [4.69, 9.17) is 27.1 Å². The molecule has 2 heterocycles. The molecule has 2 radical (unpaired) electrons. The van der Waals surface area contributed by atoms with Gasteiger partial charge in [-0.05, 0) is 11.6 Å². The first kappa shape index (κ1) is 32.0. The highest BCUT2D eigenvalue weighted by molar-refractivity contribution is 8.77. The van der Waals surface area contributed by atoms with Crippen LogP contribution in [-0.4, -0.2) is 66.4 Å². The fourth-order valence-corrected chi connectivity index (χ4v) is 7.59. The molecule has 1 aromatic rings. The third-order valence-electron chi connectivity index (χ3n) is 4.06. The maximum Gasteiger partial charge on any atom is 0.490 e. The number of aromatic nitrogens is 2. The highest BCUT2D eigenvalue weighted by Gasteiger charge is 2.43. The number of phosphoric ester groups is 1. The number of hydrogen-bond donors (Lipinski definition) is 5. The van der Waals surface area contributed by atoms with E-state index in [1.807, 2.05) is 0 Å². The van der Waals surface area contributed by atoms with Gasteiger partial charge in [-0.15, -0.1) is 0 Å². The Hall–Kier alpha value is -0.225. The Labute approximate surface area is 213 Å². The predicted octanol–water partition coefficient (Wildman–Crippen LogP) is 1.10. The predicted molar refractivity (Wildman–Crippen MR) is 129 cm³/mol. The van der Waals surface area contributed by atoms with Gasteiger partial charge in [0.05, 0.1) is 20.6 Å². The van der Waals surface area contributed by atoms with E-state index in [-0.39, 0.29) is 17.9 Å². The SMILES string of the molecule is [B]C(C)(C)SSCO[C@@H]1C[C@H](n2cc(C)c(=O)[nH]c2=O)OC1COP(=O)(O)OP(=O)(O)OP(=O)(O)O. The summed E-state index contributed by atoms with van der Waals surface area (Å²) >= 11 is 0. The molecule has 1 aliphatic heterocycles. The summed E-state index contributed by atoms with van der Waals surface area (Å²) in [5.41, 5.74) is -1.16. The normalized spacial score (nSPS) is 24.4. The Kier molecular flexibility index (Phi) is 10.9. The van der Waals surface area contributed by atoms with E-state index in [0.717, 1.165) is 4.57 Å². The molecule has 0 amide bonds. The Balaban J connectivity index is 2.14. The Morgan fingerprint density at radius 1 is 1.19 bits per heavy atom. The van der Waals surface area contributed by atoms with Crippen LogP contribution in [0.3, 0.4) is 0 Å². The first-order chi connectivity index (χ1) is 16.3. The van der Waals surface area contributed by atoms with Crippen LogP contribution >= 0.6 is 45.1 Å². The molecule has 36 heavy (non-hydrogen) atoms. The molecule has 5 N–H and O–H groups in total. The van der Waals surface area contributed by atoms with Crippen molar-refractivity contribution in [2.45, 2.75) is 50.3 Å². The van der Waals surface area contributed by atoms with Crippen LogP contribution < -0.4 is 11.2 Å². The van der Waals surface area contributed by atoms with Crippen molar-refractivity contribution in [3.63, 3.8) is 0 Å². The second kappa shape index (κ2) is 12.3. The molecule has 0 bridgehead atoms. The van der Waals surface area contributed by atoms with Gasteiger partial charge in [-0.3, -0.25) is 18.9 Å². The number of rotatable bonds is 13. The number of phosphoric acid groups is 3. The highest BCUT2D eigenvalue weighted by atomic mass is 33.1. The van der Waals surface area contributed by atoms with Crippen LogP contribution in [0, 0.1) is 6.92 Å². The molecule has 0 aliphatic carbocycles. The lowest BCUT2D eigenvalue weighted by molar-refractivity contribution is -0.0543. The van der Waals surface area contributed by atoms with Gasteiger partial charge in [0.25, 0.3) is 5.56 Å². The standard InChI is InChI=1S/C14H24BN2O14P3S2/c1-8-5-17(13(19)16-12(8)18)11-4-9(27-7-35-36-14(2,3)15)10(29-11)6-28-33(23,24)31-34(25,26)30-32(20,21)22/h5,9-11H,4,6-7H2,1-3H3,(H,23,24)(H,25,26)(H,16,18,19)(H2,20,21,22)/t9-,10?,11-/m1/s1. The van der Waals surface area contributed by atoms with Gasteiger partial charge in [0, 0.05) is 18.2 Å². The highest BCUT2D eigenvalue weighted by Crippen LogP contribution is 2.66. The average molecular weight is 612 g/mol. The quantitative estimate of drug-likeness (QED) is 0.0690. The van der Waals surface area contributed by atoms with Gasteiger partial charge < -0.3 is 29.0 Å². The third-order valence-corrected chi connectivity index (χ3v) is 10.6. The van der Waals surface area contributed by atoms with Crippen molar-refractivity contribution in [2.75, 3.05) is 12.5 Å². The zero-order chi connectivity index (χ0) is 27.5. The van der Waals surface area contributed by atoms with E-state index in [0.29, 0.717) is 0 Å². The van der Waals surface area contributed by atoms with Crippen LogP contribution in [0.25, 0.3) is 0 Å². The molecule has 5 atom stereocenters. The van der Waals surface area contributed by atoms with E-state index in [1.54, 1.807) is 13.8 Å². The van der Waals surface area contributed by atoms with Gasteiger partial charge in [0.1, 0.15) is 18.3 Å². The number of nitrogens with one attached hydrogen (secondary N) is 1. The van der Waals surface area contributed by atoms with Crippen LogP contribution in [0.2, 0.25) is 0 Å². The molecular formula is C14H24BN2O14P3S2. The first-order valence-electron chi connectivity index (χ1n) is 9.74. The van der Waals surface area contributed by atoms with Crippen LogP contribution in [0.4, 0.5) is 0 Å². The first-order valence-corrected chi connectivity index (χ1v) is 16.6. The van der Waals surface area contributed by atoms with Crippen molar-refractivity contribution in [1.82, 2.24) is 9.55 Å². The fraction of sp³-hybridized carbons (Fsp3) is 0.714. The number of aromatic amines is 1. The molecule has 3 unspecified atom stereocenters. The van der Waals surface area contributed by atoms with Crippen molar-refractivity contribution in [3.8, 4) is 0 Å². The Bertz CT molecular complexity index is 1180. The largest absolute Gasteiger partial charge is 0.490 e. The molecule has 0 aromatic carbocycles. The molecule has 1 fully saturated rings. The number of hydrogen-bond acceptors (Lipinski definition) is 12. The summed E-state index contributed by atoms with van der Waals surface area (Å²) in [7, 11) is -8.20. The lowest BCUT2D eigenvalue weighted by Gasteiger charge is -2.22. The topological polar surface area (TPSA) is 233 Å². The van der Waals surface area contributed by atoms with E-state index < -0.39 is 64.4 Å². The summed E-state index contributed by atoms with van der Waals surface area (Å²) in [4.78, 5) is 62.2. The van der Waals surface area contributed by atoms with Gasteiger partial charge in [-0.25, -0.2) is 18.5 Å². The molecule has 16 nitrogen and oxygen atoms in total. The number of H-pyrrole nitrogens is 1. The smallest absolute Gasteiger partial charge is 0.364 e. The van der Waals surface area contributed by atoms with Crippen molar-refractivity contribution in [3.05, 3.63) is 32.6 Å². The van der Waals surface area contributed by atoms with E-state index >= 15 is 0 Å². The minimum absolute atomic E-state index is 0.0348. The molecule has 2 rings (SSSR count). The molecule has 1 saturated heterocycles. The van der Waals surface area contributed by atoms with Crippen LogP contribution in [0.1, 0.15) is 32.1 Å². The van der Waals surface area contributed by atoms with Crippen LogP contribution in [0.5, 0.6) is 0 Å². The zero-order valence-corrected chi connectivity index (χ0v) is 23.3. The Morgan fingerprint density at radius 3 is 2.42 bits per heavy atom. The average Bonchev–Trinajstić information content (AvgIpc) is 3.06. The molecular weight excluding hydrogens is 588 g/mol. The maximum atomic E-state index is 12.2. The van der Waals surface area contributed by atoms with Crippen LogP contribution in [-0.2, 0) is 36.3 Å². The van der Waals surface area contributed by atoms with Gasteiger partial charge in [-0.1, -0.05) is 35.4 Å². The Morgan fingerprint density at radius 2 is 1.83 bits per heavy atom. The minimum Gasteiger partial charge on any atom is -0.364 e. The molecule has 204 valence electrons. The molecule has 22 heteroatoms. The monoisotopic (exact) mass is 612 g/mol. The van der Waals surface area contributed by atoms with Gasteiger partial charge >= 0.3 is 29.2 Å². The lowest BCUT2D eigenvalue weighted by atomic mass is 9.91. The number of nitrogens with zero attached hydrogens (tertiary/aromatic N) is 1. The summed E-state index contributed by atoms with van der Waals surface area (Å²) in [5.74, 6) is 0.0807. The molecule has 0 saturated carbocycles.